The molecule has 0 spiro atoms. The van der Waals surface area contributed by atoms with Gasteiger partial charge in [-0.3, -0.25) is 0 Å². The number of anilines is 1. The van der Waals surface area contributed by atoms with E-state index in [4.69, 9.17) is 10.5 Å². The summed E-state index contributed by atoms with van der Waals surface area (Å²) in [4.78, 5) is 3.95. The number of ether oxygens (including phenoxy) is 1. The second kappa shape index (κ2) is 4.49. The minimum atomic E-state index is -0.390. The van der Waals surface area contributed by atoms with Crippen LogP contribution < -0.4 is 10.5 Å². The van der Waals surface area contributed by atoms with Gasteiger partial charge >= 0.3 is 0 Å². The van der Waals surface area contributed by atoms with Gasteiger partial charge in [-0.15, -0.1) is 0 Å². The zero-order valence-corrected chi connectivity index (χ0v) is 9.74. The number of nitrogens with two attached hydrogens (primary N) is 1. The Morgan fingerprint density at radius 3 is 2.81 bits per heavy atom. The summed E-state index contributed by atoms with van der Waals surface area (Å²) in [5.74, 6) is 0.219. The number of aromatic nitrogens is 1. The number of benzene rings is 1. The van der Waals surface area contributed by atoms with Crippen LogP contribution in [0.3, 0.4) is 0 Å². The number of pyridine rings is 1. The molecule has 2 aromatic rings. The van der Waals surface area contributed by atoms with E-state index in [-0.39, 0.29) is 11.7 Å². The molecule has 5 heteroatoms. The normalized spacial score (nSPS) is 10.1. The molecular formula is C11H8BrFN2O. The summed E-state index contributed by atoms with van der Waals surface area (Å²) in [5, 5.41) is 0. The van der Waals surface area contributed by atoms with Gasteiger partial charge < -0.3 is 10.5 Å². The standard InChI is InChI=1S/C11H8BrFN2O/c12-7-4-8(13)6-9(5-7)16-11-10(14)2-1-3-15-11/h1-6H,14H2. The topological polar surface area (TPSA) is 48.1 Å². The molecular weight excluding hydrogens is 275 g/mol. The number of halogens is 2. The Morgan fingerprint density at radius 2 is 2.12 bits per heavy atom. The smallest absolute Gasteiger partial charge is 0.242 e. The van der Waals surface area contributed by atoms with Gasteiger partial charge in [0.2, 0.25) is 5.88 Å². The molecule has 0 fully saturated rings. The van der Waals surface area contributed by atoms with Crippen LogP contribution in [0.25, 0.3) is 0 Å². The molecule has 0 unspecified atom stereocenters. The first-order chi connectivity index (χ1) is 7.65. The first-order valence-electron chi connectivity index (χ1n) is 4.49. The van der Waals surface area contributed by atoms with E-state index in [1.807, 2.05) is 0 Å². The van der Waals surface area contributed by atoms with Gasteiger partial charge in [0.25, 0.3) is 0 Å². The van der Waals surface area contributed by atoms with Crippen molar-refractivity contribution in [2.75, 3.05) is 5.73 Å². The average Bonchev–Trinajstić information content (AvgIpc) is 2.20. The van der Waals surface area contributed by atoms with Crippen molar-refractivity contribution in [1.29, 1.82) is 0 Å². The Bertz CT molecular complexity index is 499. The van der Waals surface area contributed by atoms with Crippen LogP contribution >= 0.6 is 15.9 Å². The molecule has 2 rings (SSSR count). The molecule has 2 N–H and O–H groups in total. The fourth-order valence-corrected chi connectivity index (χ4v) is 1.63. The van der Waals surface area contributed by atoms with E-state index < -0.39 is 0 Å². The van der Waals surface area contributed by atoms with Crippen LogP contribution in [0.4, 0.5) is 10.1 Å². The van der Waals surface area contributed by atoms with Crippen LogP contribution in [0.2, 0.25) is 0 Å². The zero-order valence-electron chi connectivity index (χ0n) is 8.15. The molecule has 1 aromatic carbocycles. The van der Waals surface area contributed by atoms with E-state index >= 15 is 0 Å². The number of hydrogen-bond acceptors (Lipinski definition) is 3. The SMILES string of the molecule is Nc1cccnc1Oc1cc(F)cc(Br)c1. The Morgan fingerprint density at radius 1 is 1.31 bits per heavy atom. The lowest BCUT2D eigenvalue weighted by Gasteiger charge is -2.07. The first-order valence-corrected chi connectivity index (χ1v) is 5.29. The second-order valence-corrected chi connectivity index (χ2v) is 4.02. The predicted molar refractivity (Wildman–Crippen MR) is 62.8 cm³/mol. The highest BCUT2D eigenvalue weighted by molar-refractivity contribution is 9.10. The Hall–Kier alpha value is -1.62. The van der Waals surface area contributed by atoms with Crippen molar-refractivity contribution >= 4 is 21.6 Å². The molecule has 0 amide bonds. The summed E-state index contributed by atoms with van der Waals surface area (Å²) in [5.41, 5.74) is 6.06. The van der Waals surface area contributed by atoms with Gasteiger partial charge in [-0.1, -0.05) is 15.9 Å². The molecule has 1 aromatic heterocycles. The van der Waals surface area contributed by atoms with E-state index in [0.29, 0.717) is 15.9 Å². The molecule has 0 aliphatic carbocycles. The van der Waals surface area contributed by atoms with Gasteiger partial charge in [-0.05, 0) is 24.3 Å². The lowest BCUT2D eigenvalue weighted by Crippen LogP contribution is -1.94. The second-order valence-electron chi connectivity index (χ2n) is 3.10. The average molecular weight is 283 g/mol. The van der Waals surface area contributed by atoms with E-state index in [2.05, 4.69) is 20.9 Å². The van der Waals surface area contributed by atoms with Crippen molar-refractivity contribution < 1.29 is 9.13 Å². The summed E-state index contributed by atoms with van der Waals surface area (Å²) in [6.07, 6.45) is 1.56. The summed E-state index contributed by atoms with van der Waals surface area (Å²) in [6.45, 7) is 0. The minimum absolute atomic E-state index is 0.264. The van der Waals surface area contributed by atoms with Crippen molar-refractivity contribution in [3.05, 3.63) is 46.8 Å². The van der Waals surface area contributed by atoms with Crippen LogP contribution in [0.5, 0.6) is 11.6 Å². The largest absolute Gasteiger partial charge is 0.437 e. The molecule has 0 bridgehead atoms. The molecule has 0 radical (unpaired) electrons. The summed E-state index contributed by atoms with van der Waals surface area (Å²) in [6, 6.07) is 7.60. The van der Waals surface area contributed by atoms with E-state index in [1.165, 1.54) is 12.1 Å². The minimum Gasteiger partial charge on any atom is -0.437 e. The van der Waals surface area contributed by atoms with Gasteiger partial charge in [-0.2, -0.15) is 0 Å². The molecule has 0 saturated heterocycles. The molecule has 0 atom stereocenters. The highest BCUT2D eigenvalue weighted by Gasteiger charge is 2.05. The van der Waals surface area contributed by atoms with Gasteiger partial charge in [-0.25, -0.2) is 9.37 Å². The van der Waals surface area contributed by atoms with E-state index in [9.17, 15) is 4.39 Å². The Labute approximate surface area is 100 Å². The highest BCUT2D eigenvalue weighted by atomic mass is 79.9. The van der Waals surface area contributed by atoms with Gasteiger partial charge in [0.05, 0.1) is 5.69 Å². The maximum absolute atomic E-state index is 13.1. The fraction of sp³-hybridized carbons (Fsp3) is 0. The maximum atomic E-state index is 13.1. The van der Waals surface area contributed by atoms with E-state index in [1.54, 1.807) is 24.4 Å². The quantitative estimate of drug-likeness (QED) is 0.919. The number of nitrogens with zero attached hydrogens (tertiary/aromatic N) is 1. The number of nitrogen functional groups attached to an aromatic ring is 1. The lowest BCUT2D eigenvalue weighted by molar-refractivity contribution is 0.460. The first kappa shape index (κ1) is 10.9. The summed E-state index contributed by atoms with van der Waals surface area (Å²) < 4.78 is 19.0. The third kappa shape index (κ3) is 2.49. The van der Waals surface area contributed by atoms with Crippen molar-refractivity contribution in [2.24, 2.45) is 0 Å². The van der Waals surface area contributed by atoms with Crippen molar-refractivity contribution in [3.8, 4) is 11.6 Å². The molecule has 3 nitrogen and oxygen atoms in total. The number of rotatable bonds is 2. The van der Waals surface area contributed by atoms with Crippen LogP contribution in [0, 0.1) is 5.82 Å². The monoisotopic (exact) mass is 282 g/mol. The van der Waals surface area contributed by atoms with Crippen molar-refractivity contribution in [2.45, 2.75) is 0 Å². The molecule has 82 valence electrons. The molecule has 0 saturated carbocycles. The zero-order chi connectivity index (χ0) is 11.5. The van der Waals surface area contributed by atoms with Crippen molar-refractivity contribution in [1.82, 2.24) is 4.98 Å². The predicted octanol–water partition coefficient (Wildman–Crippen LogP) is 3.36. The maximum Gasteiger partial charge on any atom is 0.242 e. The third-order valence-electron chi connectivity index (χ3n) is 1.85. The molecule has 0 aliphatic heterocycles. The van der Waals surface area contributed by atoms with E-state index in [0.717, 1.165) is 0 Å². The Balaban J connectivity index is 2.30. The summed E-state index contributed by atoms with van der Waals surface area (Å²) >= 11 is 3.17. The fourth-order valence-electron chi connectivity index (χ4n) is 1.19. The third-order valence-corrected chi connectivity index (χ3v) is 2.31. The van der Waals surface area contributed by atoms with Crippen LogP contribution in [-0.2, 0) is 0 Å². The molecule has 1 heterocycles. The number of hydrogen-bond donors (Lipinski definition) is 1. The van der Waals surface area contributed by atoms with Crippen LogP contribution in [0.15, 0.2) is 41.0 Å². The highest BCUT2D eigenvalue weighted by Crippen LogP contribution is 2.27. The van der Waals surface area contributed by atoms with Gasteiger partial charge in [0.15, 0.2) is 0 Å². The van der Waals surface area contributed by atoms with Crippen molar-refractivity contribution in [3.63, 3.8) is 0 Å². The van der Waals surface area contributed by atoms with Crippen LogP contribution in [-0.4, -0.2) is 4.98 Å². The summed E-state index contributed by atoms with van der Waals surface area (Å²) in [7, 11) is 0. The Kier molecular flexibility index (Phi) is 3.05. The van der Waals surface area contributed by atoms with Gasteiger partial charge in [0, 0.05) is 16.7 Å². The molecule has 0 aliphatic rings. The lowest BCUT2D eigenvalue weighted by atomic mass is 10.3. The van der Waals surface area contributed by atoms with Crippen LogP contribution in [0.1, 0.15) is 0 Å². The van der Waals surface area contributed by atoms with Gasteiger partial charge in [0.1, 0.15) is 11.6 Å². The molecule has 16 heavy (non-hydrogen) atoms.